The van der Waals surface area contributed by atoms with Gasteiger partial charge in [0.05, 0.1) is 5.69 Å². The number of benzene rings is 2. The maximum atomic E-state index is 14.0. The zero-order chi connectivity index (χ0) is 26.2. The van der Waals surface area contributed by atoms with Crippen LogP contribution in [-0.2, 0) is 4.79 Å². The molecule has 200 valence electrons. The fourth-order valence-corrected chi connectivity index (χ4v) is 5.70. The highest BCUT2D eigenvalue weighted by Gasteiger charge is 2.42. The summed E-state index contributed by atoms with van der Waals surface area (Å²) in [5.74, 6) is 0.0588. The molecule has 37 heavy (non-hydrogen) atoms. The summed E-state index contributed by atoms with van der Waals surface area (Å²) in [5.41, 5.74) is 2.30. The van der Waals surface area contributed by atoms with E-state index in [0.29, 0.717) is 24.6 Å². The van der Waals surface area contributed by atoms with Gasteiger partial charge in [-0.15, -0.1) is 0 Å². The largest absolute Gasteiger partial charge is 0.632 e. The maximum absolute atomic E-state index is 14.0. The highest BCUT2D eigenvalue weighted by molar-refractivity contribution is 6.00. The smallest absolute Gasteiger partial charge is 0.324 e. The van der Waals surface area contributed by atoms with E-state index >= 15 is 0 Å². The third kappa shape index (κ3) is 6.69. The highest BCUT2D eigenvalue weighted by Crippen LogP contribution is 2.33. The van der Waals surface area contributed by atoms with Crippen LogP contribution < -0.4 is 20.6 Å². The standard InChI is InChI=1S/C29H41N5O3/c1-3-32(4-2)20-19-26-24-17-11-12-18-25(24)33(21-22-13-7-5-8-14-22)28(35)27(34(26)37)31-29(36)30-23-15-9-6-10-16-23/h6,9-12,15-18,22,26-27,34H,3-5,7-8,13-14,19-21H2,1-2H3,(H2,30,31,36). The van der Waals surface area contributed by atoms with Gasteiger partial charge in [-0.1, -0.05) is 69.5 Å². The lowest BCUT2D eigenvalue weighted by Gasteiger charge is -2.36. The van der Waals surface area contributed by atoms with Crippen LogP contribution >= 0.6 is 0 Å². The van der Waals surface area contributed by atoms with Crippen molar-refractivity contribution in [3.63, 3.8) is 0 Å². The number of para-hydroxylation sites is 2. The molecule has 3 atom stereocenters. The van der Waals surface area contributed by atoms with Crippen molar-refractivity contribution in [2.24, 2.45) is 5.92 Å². The number of hydroxylamine groups is 2. The molecule has 0 spiro atoms. The number of hydrogen-bond donors (Lipinski definition) is 3. The SMILES string of the molecule is CCN(CC)CCC1c2ccccc2N(CC2CCCCC2)C(=O)C(NC(=O)Nc2ccccc2)[NH+]1[O-]. The van der Waals surface area contributed by atoms with Gasteiger partial charge in [0.25, 0.3) is 0 Å². The Morgan fingerprint density at radius 2 is 1.70 bits per heavy atom. The molecule has 1 aliphatic carbocycles. The van der Waals surface area contributed by atoms with E-state index in [1.807, 2.05) is 42.5 Å². The molecule has 3 N–H and O–H groups in total. The molecule has 1 heterocycles. The first-order valence-electron chi connectivity index (χ1n) is 13.8. The summed E-state index contributed by atoms with van der Waals surface area (Å²) in [5, 5.41) is 19.3. The lowest BCUT2D eigenvalue weighted by Crippen LogP contribution is -3.15. The molecule has 2 aliphatic rings. The highest BCUT2D eigenvalue weighted by atomic mass is 16.5. The van der Waals surface area contributed by atoms with Crippen LogP contribution in [0.2, 0.25) is 0 Å². The van der Waals surface area contributed by atoms with Gasteiger partial charge in [-0.2, -0.15) is 0 Å². The molecular weight excluding hydrogens is 466 g/mol. The van der Waals surface area contributed by atoms with Crippen LogP contribution in [0.4, 0.5) is 16.2 Å². The predicted molar refractivity (Wildman–Crippen MR) is 147 cm³/mol. The van der Waals surface area contributed by atoms with Crippen molar-refractivity contribution < 1.29 is 14.7 Å². The summed E-state index contributed by atoms with van der Waals surface area (Å²) >= 11 is 0. The van der Waals surface area contributed by atoms with Crippen LogP contribution in [0.1, 0.15) is 64.0 Å². The number of quaternary nitrogens is 1. The third-order valence-corrected chi connectivity index (χ3v) is 7.84. The Bertz CT molecular complexity index is 1020. The van der Waals surface area contributed by atoms with E-state index in [1.54, 1.807) is 17.0 Å². The minimum absolute atomic E-state index is 0.237. The summed E-state index contributed by atoms with van der Waals surface area (Å²) in [6.07, 6.45) is 5.09. The monoisotopic (exact) mass is 507 g/mol. The number of anilines is 2. The van der Waals surface area contributed by atoms with Gasteiger partial charge in [0.15, 0.2) is 0 Å². The molecule has 0 saturated heterocycles. The van der Waals surface area contributed by atoms with E-state index in [1.165, 1.54) is 19.3 Å². The molecule has 0 aromatic heterocycles. The van der Waals surface area contributed by atoms with Crippen molar-refractivity contribution in [3.8, 4) is 0 Å². The van der Waals surface area contributed by atoms with Crippen LogP contribution in [0.25, 0.3) is 0 Å². The summed E-state index contributed by atoms with van der Waals surface area (Å²) in [6.45, 7) is 7.34. The van der Waals surface area contributed by atoms with Gasteiger partial charge in [-0.3, -0.25) is 10.1 Å². The fraction of sp³-hybridized carbons (Fsp3) is 0.517. The first-order valence-corrected chi connectivity index (χ1v) is 13.8. The molecule has 8 nitrogen and oxygen atoms in total. The average molecular weight is 508 g/mol. The molecule has 4 rings (SSSR count). The number of carbonyl (C=O) groups is 2. The Hall–Kier alpha value is -2.94. The summed E-state index contributed by atoms with van der Waals surface area (Å²) in [7, 11) is 0. The second-order valence-electron chi connectivity index (χ2n) is 10.2. The summed E-state index contributed by atoms with van der Waals surface area (Å²) in [4.78, 5) is 31.1. The van der Waals surface area contributed by atoms with Crippen molar-refractivity contribution in [3.05, 3.63) is 65.4 Å². The normalized spacial score (nSPS) is 22.4. The number of nitrogens with one attached hydrogen (secondary N) is 3. The minimum Gasteiger partial charge on any atom is -0.632 e. The van der Waals surface area contributed by atoms with Crippen molar-refractivity contribution in [2.75, 3.05) is 36.4 Å². The van der Waals surface area contributed by atoms with Crippen LogP contribution in [0.3, 0.4) is 0 Å². The van der Waals surface area contributed by atoms with Gasteiger partial charge in [0, 0.05) is 30.8 Å². The lowest BCUT2D eigenvalue weighted by atomic mass is 9.88. The Morgan fingerprint density at radius 3 is 2.41 bits per heavy atom. The molecule has 3 unspecified atom stereocenters. The van der Waals surface area contributed by atoms with Gasteiger partial charge in [-0.25, -0.2) is 4.79 Å². The second kappa shape index (κ2) is 13.0. The van der Waals surface area contributed by atoms with Crippen LogP contribution in [0.15, 0.2) is 54.6 Å². The molecule has 2 aromatic rings. The number of urea groups is 1. The summed E-state index contributed by atoms with van der Waals surface area (Å²) in [6, 6.07) is 15.8. The van der Waals surface area contributed by atoms with E-state index in [0.717, 1.165) is 43.7 Å². The number of nitrogens with zero attached hydrogens (tertiary/aromatic N) is 2. The fourth-order valence-electron chi connectivity index (χ4n) is 5.70. The Morgan fingerprint density at radius 1 is 1.03 bits per heavy atom. The van der Waals surface area contributed by atoms with Crippen LogP contribution in [0, 0.1) is 11.1 Å². The molecule has 2 aromatic carbocycles. The molecule has 1 saturated carbocycles. The van der Waals surface area contributed by atoms with Gasteiger partial charge in [0.2, 0.25) is 6.17 Å². The number of carbonyl (C=O) groups excluding carboxylic acids is 2. The van der Waals surface area contributed by atoms with Crippen LogP contribution in [-0.4, -0.2) is 49.2 Å². The zero-order valence-corrected chi connectivity index (χ0v) is 22.1. The van der Waals surface area contributed by atoms with Crippen molar-refractivity contribution in [1.29, 1.82) is 0 Å². The average Bonchev–Trinajstić information content (AvgIpc) is 3.00. The third-order valence-electron chi connectivity index (χ3n) is 7.84. The lowest BCUT2D eigenvalue weighted by molar-refractivity contribution is -0.900. The van der Waals surface area contributed by atoms with Crippen molar-refractivity contribution in [2.45, 2.75) is 64.6 Å². The van der Waals surface area contributed by atoms with E-state index in [-0.39, 0.29) is 11.0 Å². The van der Waals surface area contributed by atoms with Gasteiger partial charge in [-0.05, 0) is 50.0 Å². The van der Waals surface area contributed by atoms with Gasteiger partial charge >= 0.3 is 11.9 Å². The topological polar surface area (TPSA) is 92.2 Å². The quantitative estimate of drug-likeness (QED) is 0.449. The number of rotatable bonds is 9. The number of fused-ring (bicyclic) bond motifs is 1. The van der Waals surface area contributed by atoms with E-state index in [9.17, 15) is 14.8 Å². The molecule has 3 amide bonds. The second-order valence-corrected chi connectivity index (χ2v) is 10.2. The molecular formula is C29H41N5O3. The molecule has 0 bridgehead atoms. The maximum Gasteiger partial charge on any atom is 0.324 e. The number of amides is 3. The predicted octanol–water partition coefficient (Wildman–Crippen LogP) is 3.92. The molecule has 8 heteroatoms. The first-order chi connectivity index (χ1) is 18.0. The molecule has 1 fully saturated rings. The van der Waals surface area contributed by atoms with Crippen molar-refractivity contribution >= 4 is 23.3 Å². The minimum atomic E-state index is -1.23. The van der Waals surface area contributed by atoms with Gasteiger partial charge < -0.3 is 25.4 Å². The van der Waals surface area contributed by atoms with E-state index in [2.05, 4.69) is 29.4 Å². The number of hydrogen-bond acceptors (Lipinski definition) is 4. The zero-order valence-electron chi connectivity index (χ0n) is 22.1. The molecule has 0 radical (unpaired) electrons. The van der Waals surface area contributed by atoms with Crippen LogP contribution in [0.5, 0.6) is 0 Å². The molecule has 1 aliphatic heterocycles. The van der Waals surface area contributed by atoms with Gasteiger partial charge in [0.1, 0.15) is 6.04 Å². The van der Waals surface area contributed by atoms with E-state index in [4.69, 9.17) is 0 Å². The van der Waals surface area contributed by atoms with E-state index < -0.39 is 18.2 Å². The Balaban J connectivity index is 1.65. The first kappa shape index (κ1) is 27.1. The Kier molecular flexibility index (Phi) is 9.55. The summed E-state index contributed by atoms with van der Waals surface area (Å²) < 4.78 is 0. The van der Waals surface area contributed by atoms with Crippen molar-refractivity contribution in [1.82, 2.24) is 10.2 Å². The Labute approximate surface area is 220 Å².